The molecule has 0 N–H and O–H groups in total. The first-order valence-electron chi connectivity index (χ1n) is 8.16. The Labute approximate surface area is 159 Å². The van der Waals surface area contributed by atoms with Gasteiger partial charge < -0.3 is 14.2 Å². The van der Waals surface area contributed by atoms with E-state index in [0.717, 1.165) is 12.1 Å². The number of methoxy groups -OCH3 is 1. The average Bonchev–Trinajstić information content (AvgIpc) is 2.65. The first-order valence-corrected chi connectivity index (χ1v) is 9.21. The number of thioether (sulfide) groups is 1. The number of fused-ring (bicyclic) bond motifs is 1. The molecule has 27 heavy (non-hydrogen) atoms. The number of hydrogen-bond acceptors (Lipinski definition) is 7. The van der Waals surface area contributed by atoms with Gasteiger partial charge in [0.15, 0.2) is 6.10 Å². The predicted molar refractivity (Wildman–Crippen MR) is 94.2 cm³/mol. The van der Waals surface area contributed by atoms with Crippen LogP contribution in [0.1, 0.15) is 17.3 Å². The van der Waals surface area contributed by atoms with Crippen molar-refractivity contribution in [2.75, 3.05) is 26.1 Å². The van der Waals surface area contributed by atoms with Crippen LogP contribution in [0.15, 0.2) is 35.5 Å². The Bertz CT molecular complexity index is 794. The zero-order valence-corrected chi connectivity index (χ0v) is 15.6. The van der Waals surface area contributed by atoms with E-state index in [0.29, 0.717) is 17.0 Å². The summed E-state index contributed by atoms with van der Waals surface area (Å²) in [7, 11) is 1.47. The zero-order valence-electron chi connectivity index (χ0n) is 14.8. The summed E-state index contributed by atoms with van der Waals surface area (Å²) in [6.07, 6.45) is -0.548. The second-order valence-electron chi connectivity index (χ2n) is 5.98. The highest BCUT2D eigenvalue weighted by Gasteiger charge is 2.52. The minimum Gasteiger partial charge on any atom is -0.461 e. The molecule has 9 heteroatoms. The van der Waals surface area contributed by atoms with Crippen molar-refractivity contribution in [3.8, 4) is 0 Å². The lowest BCUT2D eigenvalue weighted by molar-refractivity contribution is -0.159. The van der Waals surface area contributed by atoms with Crippen molar-refractivity contribution in [1.29, 1.82) is 0 Å². The van der Waals surface area contributed by atoms with Crippen molar-refractivity contribution in [2.24, 2.45) is 0 Å². The summed E-state index contributed by atoms with van der Waals surface area (Å²) in [6, 6.07) is 4.97. The minimum absolute atomic E-state index is 0.0138. The molecule has 0 aromatic heterocycles. The summed E-state index contributed by atoms with van der Waals surface area (Å²) in [5.74, 6) is -1.25. The molecule has 2 heterocycles. The lowest BCUT2D eigenvalue weighted by Crippen LogP contribution is -2.65. The molecular formula is C18H18FNO6S. The van der Waals surface area contributed by atoms with Crippen molar-refractivity contribution in [1.82, 2.24) is 4.90 Å². The number of β-lactam (4-membered cyclic amide) rings is 1. The monoisotopic (exact) mass is 395 g/mol. The van der Waals surface area contributed by atoms with Crippen LogP contribution in [0.3, 0.4) is 0 Å². The van der Waals surface area contributed by atoms with Gasteiger partial charge in [0, 0.05) is 25.4 Å². The number of hydrogen-bond donors (Lipinski definition) is 0. The molecule has 1 aromatic carbocycles. The highest BCUT2D eigenvalue weighted by atomic mass is 32.2. The van der Waals surface area contributed by atoms with E-state index < -0.39 is 23.9 Å². The number of carbonyl (C=O) groups excluding carboxylic acids is 3. The van der Waals surface area contributed by atoms with Gasteiger partial charge in [0.25, 0.3) is 5.91 Å². The van der Waals surface area contributed by atoms with Gasteiger partial charge in [0.05, 0.1) is 11.3 Å². The van der Waals surface area contributed by atoms with Crippen LogP contribution < -0.4 is 0 Å². The summed E-state index contributed by atoms with van der Waals surface area (Å²) < 4.78 is 28.5. The predicted octanol–water partition coefficient (Wildman–Crippen LogP) is 1.73. The molecule has 2 aliphatic rings. The summed E-state index contributed by atoms with van der Waals surface area (Å²) in [5.41, 5.74) is 1.39. The molecule has 1 fully saturated rings. The van der Waals surface area contributed by atoms with Crippen molar-refractivity contribution in [2.45, 2.75) is 18.4 Å². The maximum absolute atomic E-state index is 13.0. The number of rotatable bonds is 6. The second-order valence-corrected chi connectivity index (χ2v) is 7.08. The molecule has 0 spiro atoms. The number of ether oxygens (including phenoxy) is 3. The SMILES string of the molecule is CO[C@H]1C(=O)N2C(COC(=O)c3ccc(F)cc3)=C(COC(C)=O)CS[C@H]12. The van der Waals surface area contributed by atoms with Gasteiger partial charge >= 0.3 is 11.9 Å². The van der Waals surface area contributed by atoms with Crippen LogP contribution >= 0.6 is 11.8 Å². The van der Waals surface area contributed by atoms with Gasteiger partial charge in [0.1, 0.15) is 24.4 Å². The third-order valence-corrected chi connectivity index (χ3v) is 5.56. The molecule has 0 radical (unpaired) electrons. The van der Waals surface area contributed by atoms with Gasteiger partial charge in [-0.25, -0.2) is 9.18 Å². The van der Waals surface area contributed by atoms with Crippen molar-refractivity contribution >= 4 is 29.6 Å². The standard InChI is InChI=1S/C18H18FNO6S/c1-10(21)25-7-12-9-27-17-15(24-2)16(22)20(17)14(12)8-26-18(23)11-3-5-13(19)6-4-11/h3-6,15,17H,7-9H2,1-2H3/t15-,17+/m0/s1. The molecule has 1 amide bonds. The smallest absolute Gasteiger partial charge is 0.338 e. The van der Waals surface area contributed by atoms with E-state index in [9.17, 15) is 18.8 Å². The second kappa shape index (κ2) is 8.10. The number of benzene rings is 1. The Balaban J connectivity index is 1.76. The highest BCUT2D eigenvalue weighted by molar-refractivity contribution is 8.00. The summed E-state index contributed by atoms with van der Waals surface area (Å²) in [4.78, 5) is 37.2. The summed E-state index contributed by atoms with van der Waals surface area (Å²) in [5, 5.41) is -0.205. The first kappa shape index (κ1) is 19.4. The summed E-state index contributed by atoms with van der Waals surface area (Å²) in [6.45, 7) is 1.15. The van der Waals surface area contributed by atoms with Crippen LogP contribution in [0, 0.1) is 5.82 Å². The van der Waals surface area contributed by atoms with Crippen molar-refractivity contribution in [3.63, 3.8) is 0 Å². The third kappa shape index (κ3) is 3.98. The first-order chi connectivity index (χ1) is 12.9. The van der Waals surface area contributed by atoms with E-state index in [4.69, 9.17) is 14.2 Å². The number of carbonyl (C=O) groups is 3. The fourth-order valence-electron chi connectivity index (χ4n) is 2.83. The van der Waals surface area contributed by atoms with Crippen LogP contribution in [0.4, 0.5) is 4.39 Å². The van der Waals surface area contributed by atoms with E-state index in [1.807, 2.05) is 0 Å². The third-order valence-electron chi connectivity index (χ3n) is 4.25. The largest absolute Gasteiger partial charge is 0.461 e. The topological polar surface area (TPSA) is 82.1 Å². The van der Waals surface area contributed by atoms with Gasteiger partial charge in [-0.2, -0.15) is 0 Å². The molecule has 7 nitrogen and oxygen atoms in total. The zero-order chi connectivity index (χ0) is 19.6. The molecule has 0 saturated carbocycles. The Kier molecular flexibility index (Phi) is 5.81. The van der Waals surface area contributed by atoms with Gasteiger partial charge in [0.2, 0.25) is 0 Å². The van der Waals surface area contributed by atoms with Crippen molar-refractivity contribution in [3.05, 3.63) is 46.9 Å². The van der Waals surface area contributed by atoms with Crippen LogP contribution in [-0.2, 0) is 23.8 Å². The molecule has 0 bridgehead atoms. The molecule has 144 valence electrons. The summed E-state index contributed by atoms with van der Waals surface area (Å²) >= 11 is 1.49. The minimum atomic E-state index is -0.639. The van der Waals surface area contributed by atoms with Crippen molar-refractivity contribution < 1.29 is 33.0 Å². The quantitative estimate of drug-likeness (QED) is 0.536. The van der Waals surface area contributed by atoms with E-state index >= 15 is 0 Å². The van der Waals surface area contributed by atoms with E-state index in [1.54, 1.807) is 0 Å². The maximum atomic E-state index is 13.0. The molecule has 2 atom stereocenters. The number of nitrogens with zero attached hydrogens (tertiary/aromatic N) is 1. The Morgan fingerprint density at radius 2 is 1.93 bits per heavy atom. The molecule has 0 unspecified atom stereocenters. The normalized spacial score (nSPS) is 21.4. The van der Waals surface area contributed by atoms with E-state index in [1.165, 1.54) is 42.8 Å². The lowest BCUT2D eigenvalue weighted by Gasteiger charge is -2.49. The fraction of sp³-hybridized carbons (Fsp3) is 0.389. The average molecular weight is 395 g/mol. The Hall–Kier alpha value is -2.39. The number of halogens is 1. The van der Waals surface area contributed by atoms with Crippen LogP contribution in [-0.4, -0.2) is 60.3 Å². The molecule has 2 aliphatic heterocycles. The Morgan fingerprint density at radius 3 is 2.56 bits per heavy atom. The fourth-order valence-corrected chi connectivity index (χ4v) is 4.24. The van der Waals surface area contributed by atoms with Crippen LogP contribution in [0.25, 0.3) is 0 Å². The van der Waals surface area contributed by atoms with Gasteiger partial charge in [-0.3, -0.25) is 14.5 Å². The Morgan fingerprint density at radius 1 is 1.22 bits per heavy atom. The van der Waals surface area contributed by atoms with Crippen LogP contribution in [0.5, 0.6) is 0 Å². The highest BCUT2D eigenvalue weighted by Crippen LogP contribution is 2.41. The molecule has 0 aliphatic carbocycles. The molecule has 1 aromatic rings. The van der Waals surface area contributed by atoms with E-state index in [-0.39, 0.29) is 30.1 Å². The molecule has 1 saturated heterocycles. The lowest BCUT2D eigenvalue weighted by atomic mass is 10.1. The molecular weight excluding hydrogens is 377 g/mol. The van der Waals surface area contributed by atoms with Gasteiger partial charge in [-0.1, -0.05) is 0 Å². The van der Waals surface area contributed by atoms with E-state index in [2.05, 4.69) is 0 Å². The van der Waals surface area contributed by atoms with Gasteiger partial charge in [-0.05, 0) is 24.3 Å². The number of esters is 2. The van der Waals surface area contributed by atoms with Gasteiger partial charge in [-0.15, -0.1) is 11.8 Å². The maximum Gasteiger partial charge on any atom is 0.338 e. The molecule has 3 rings (SSSR count). The number of amides is 1. The van der Waals surface area contributed by atoms with Crippen LogP contribution in [0.2, 0.25) is 0 Å².